The van der Waals surface area contributed by atoms with Gasteiger partial charge in [0.05, 0.1) is 12.5 Å². The summed E-state index contributed by atoms with van der Waals surface area (Å²) < 4.78 is 7.08. The highest BCUT2D eigenvalue weighted by Gasteiger charge is 1.97. The standard InChI is InChI=1S/C12H17N3O/c1-15-10-11(9-14-15)4-6-13-7-5-12-3-2-8-16-12/h2-3,8-10,13H,4-7H2,1H3. The van der Waals surface area contributed by atoms with Gasteiger partial charge in [0.15, 0.2) is 0 Å². The van der Waals surface area contributed by atoms with Crippen molar-refractivity contribution in [3.05, 3.63) is 42.1 Å². The maximum Gasteiger partial charge on any atom is 0.105 e. The molecule has 4 nitrogen and oxygen atoms in total. The monoisotopic (exact) mass is 219 g/mol. The smallest absolute Gasteiger partial charge is 0.105 e. The summed E-state index contributed by atoms with van der Waals surface area (Å²) in [6.45, 7) is 1.93. The van der Waals surface area contributed by atoms with Crippen LogP contribution >= 0.6 is 0 Å². The zero-order chi connectivity index (χ0) is 11.2. The Morgan fingerprint density at radius 2 is 2.25 bits per heavy atom. The Balaban J connectivity index is 1.59. The largest absolute Gasteiger partial charge is 0.469 e. The SMILES string of the molecule is Cn1cc(CCNCCc2ccco2)cn1. The summed E-state index contributed by atoms with van der Waals surface area (Å²) in [5.74, 6) is 1.04. The van der Waals surface area contributed by atoms with E-state index in [4.69, 9.17) is 4.42 Å². The molecule has 1 N–H and O–H groups in total. The molecule has 0 atom stereocenters. The van der Waals surface area contributed by atoms with Crippen molar-refractivity contribution in [2.24, 2.45) is 7.05 Å². The Kier molecular flexibility index (Phi) is 3.77. The highest BCUT2D eigenvalue weighted by Crippen LogP contribution is 2.00. The summed E-state index contributed by atoms with van der Waals surface area (Å²) in [6.07, 6.45) is 7.64. The fourth-order valence-corrected chi connectivity index (χ4v) is 1.63. The first-order valence-electron chi connectivity index (χ1n) is 5.55. The summed E-state index contributed by atoms with van der Waals surface area (Å²) in [4.78, 5) is 0. The lowest BCUT2D eigenvalue weighted by Gasteiger charge is -2.01. The Morgan fingerprint density at radius 3 is 2.94 bits per heavy atom. The normalized spacial score (nSPS) is 10.8. The summed E-state index contributed by atoms with van der Waals surface area (Å²) in [5.41, 5.74) is 1.27. The second-order valence-electron chi connectivity index (χ2n) is 3.85. The molecule has 2 aromatic heterocycles. The molecule has 0 spiro atoms. The summed E-state index contributed by atoms with van der Waals surface area (Å²) >= 11 is 0. The van der Waals surface area contributed by atoms with Crippen molar-refractivity contribution < 1.29 is 4.42 Å². The van der Waals surface area contributed by atoms with Crippen molar-refractivity contribution in [3.63, 3.8) is 0 Å². The fourth-order valence-electron chi connectivity index (χ4n) is 1.63. The molecule has 0 aliphatic carbocycles. The predicted molar refractivity (Wildman–Crippen MR) is 62.2 cm³/mol. The number of hydrogen-bond donors (Lipinski definition) is 1. The minimum absolute atomic E-state index is 0.944. The number of hydrogen-bond acceptors (Lipinski definition) is 3. The van der Waals surface area contributed by atoms with Gasteiger partial charge >= 0.3 is 0 Å². The molecule has 0 aliphatic rings. The van der Waals surface area contributed by atoms with Crippen molar-refractivity contribution in [1.82, 2.24) is 15.1 Å². The Labute approximate surface area is 95.3 Å². The van der Waals surface area contributed by atoms with Gasteiger partial charge in [-0.05, 0) is 30.7 Å². The predicted octanol–water partition coefficient (Wildman–Crippen LogP) is 1.39. The van der Waals surface area contributed by atoms with Gasteiger partial charge in [-0.15, -0.1) is 0 Å². The van der Waals surface area contributed by atoms with Crippen molar-refractivity contribution in [3.8, 4) is 0 Å². The van der Waals surface area contributed by atoms with Crippen LogP contribution in [0.2, 0.25) is 0 Å². The first kappa shape index (κ1) is 11.0. The van der Waals surface area contributed by atoms with Gasteiger partial charge in [-0.2, -0.15) is 5.10 Å². The molecule has 0 aromatic carbocycles. The Morgan fingerprint density at radius 1 is 1.38 bits per heavy atom. The molecule has 0 aliphatic heterocycles. The van der Waals surface area contributed by atoms with E-state index in [0.717, 1.165) is 31.7 Å². The molecule has 2 aromatic rings. The Hall–Kier alpha value is -1.55. The lowest BCUT2D eigenvalue weighted by molar-refractivity contribution is 0.499. The summed E-state index contributed by atoms with van der Waals surface area (Å²) in [5, 5.41) is 7.51. The van der Waals surface area contributed by atoms with Gasteiger partial charge < -0.3 is 9.73 Å². The van der Waals surface area contributed by atoms with Gasteiger partial charge in [-0.25, -0.2) is 0 Å². The first-order valence-corrected chi connectivity index (χ1v) is 5.55. The quantitative estimate of drug-likeness (QED) is 0.747. The second kappa shape index (κ2) is 5.51. The molecule has 16 heavy (non-hydrogen) atoms. The zero-order valence-corrected chi connectivity index (χ0v) is 9.52. The molecule has 0 fully saturated rings. The number of aromatic nitrogens is 2. The van der Waals surface area contributed by atoms with E-state index >= 15 is 0 Å². The third kappa shape index (κ3) is 3.24. The van der Waals surface area contributed by atoms with Crippen LogP contribution < -0.4 is 5.32 Å². The molecular weight excluding hydrogens is 202 g/mol. The molecule has 86 valence electrons. The van der Waals surface area contributed by atoms with E-state index in [9.17, 15) is 0 Å². The van der Waals surface area contributed by atoms with Gasteiger partial charge in [0.25, 0.3) is 0 Å². The Bertz CT molecular complexity index is 406. The number of rotatable bonds is 6. The van der Waals surface area contributed by atoms with E-state index in [1.54, 1.807) is 6.26 Å². The molecule has 0 saturated heterocycles. The van der Waals surface area contributed by atoms with Gasteiger partial charge in [-0.3, -0.25) is 4.68 Å². The van der Waals surface area contributed by atoms with Crippen molar-refractivity contribution in [2.75, 3.05) is 13.1 Å². The average molecular weight is 219 g/mol. The van der Waals surface area contributed by atoms with Crippen LogP contribution in [-0.4, -0.2) is 22.9 Å². The molecular formula is C12H17N3O. The molecule has 0 radical (unpaired) electrons. The van der Waals surface area contributed by atoms with E-state index in [-0.39, 0.29) is 0 Å². The van der Waals surface area contributed by atoms with Crippen molar-refractivity contribution >= 4 is 0 Å². The van der Waals surface area contributed by atoms with Crippen LogP contribution in [-0.2, 0) is 19.9 Å². The number of aryl methyl sites for hydroxylation is 1. The second-order valence-corrected chi connectivity index (χ2v) is 3.85. The van der Waals surface area contributed by atoms with E-state index in [2.05, 4.69) is 10.4 Å². The van der Waals surface area contributed by atoms with Crippen molar-refractivity contribution in [1.29, 1.82) is 0 Å². The molecule has 2 heterocycles. The first-order chi connectivity index (χ1) is 7.84. The minimum atomic E-state index is 0.944. The lowest BCUT2D eigenvalue weighted by atomic mass is 10.2. The average Bonchev–Trinajstić information content (AvgIpc) is 2.89. The number of nitrogens with one attached hydrogen (secondary N) is 1. The van der Waals surface area contributed by atoms with Crippen molar-refractivity contribution in [2.45, 2.75) is 12.8 Å². The topological polar surface area (TPSA) is 43.0 Å². The third-order valence-corrected chi connectivity index (χ3v) is 2.48. The highest BCUT2D eigenvalue weighted by molar-refractivity contribution is 5.04. The molecule has 0 saturated carbocycles. The maximum atomic E-state index is 5.25. The van der Waals surface area contributed by atoms with Crippen LogP contribution in [0.5, 0.6) is 0 Å². The molecule has 0 bridgehead atoms. The molecule has 0 amide bonds. The number of nitrogens with zero attached hydrogens (tertiary/aromatic N) is 2. The van der Waals surface area contributed by atoms with Crippen LogP contribution in [0.4, 0.5) is 0 Å². The van der Waals surface area contributed by atoms with Crippen LogP contribution in [0.25, 0.3) is 0 Å². The van der Waals surface area contributed by atoms with Crippen LogP contribution in [0, 0.1) is 0 Å². The highest BCUT2D eigenvalue weighted by atomic mass is 16.3. The minimum Gasteiger partial charge on any atom is -0.469 e. The lowest BCUT2D eigenvalue weighted by Crippen LogP contribution is -2.19. The van der Waals surface area contributed by atoms with E-state index in [1.807, 2.05) is 36.3 Å². The third-order valence-electron chi connectivity index (χ3n) is 2.48. The van der Waals surface area contributed by atoms with Gasteiger partial charge in [-0.1, -0.05) is 0 Å². The zero-order valence-electron chi connectivity index (χ0n) is 9.52. The van der Waals surface area contributed by atoms with E-state index < -0.39 is 0 Å². The van der Waals surface area contributed by atoms with Crippen LogP contribution in [0.3, 0.4) is 0 Å². The molecule has 4 heteroatoms. The van der Waals surface area contributed by atoms with Gasteiger partial charge in [0.2, 0.25) is 0 Å². The number of furan rings is 1. The van der Waals surface area contributed by atoms with Gasteiger partial charge in [0, 0.05) is 26.2 Å². The van der Waals surface area contributed by atoms with Gasteiger partial charge in [0.1, 0.15) is 5.76 Å². The van der Waals surface area contributed by atoms with E-state index in [0.29, 0.717) is 0 Å². The van der Waals surface area contributed by atoms with Crippen LogP contribution in [0.1, 0.15) is 11.3 Å². The maximum absolute atomic E-state index is 5.25. The summed E-state index contributed by atoms with van der Waals surface area (Å²) in [7, 11) is 1.94. The van der Waals surface area contributed by atoms with E-state index in [1.165, 1.54) is 5.56 Å². The molecule has 2 rings (SSSR count). The molecule has 0 unspecified atom stereocenters. The van der Waals surface area contributed by atoms with Crippen LogP contribution in [0.15, 0.2) is 35.2 Å². The fraction of sp³-hybridized carbons (Fsp3) is 0.417. The summed E-state index contributed by atoms with van der Waals surface area (Å²) in [6, 6.07) is 3.92.